The van der Waals surface area contributed by atoms with Crippen LogP contribution in [0.1, 0.15) is 24.3 Å². The van der Waals surface area contributed by atoms with Crippen molar-refractivity contribution in [1.29, 1.82) is 0 Å². The van der Waals surface area contributed by atoms with E-state index in [1.807, 2.05) is 24.3 Å². The van der Waals surface area contributed by atoms with E-state index in [1.54, 1.807) is 11.3 Å². The zero-order chi connectivity index (χ0) is 13.8. The van der Waals surface area contributed by atoms with Gasteiger partial charge in [0.1, 0.15) is 0 Å². The lowest BCUT2D eigenvalue weighted by Gasteiger charge is -2.26. The average Bonchev–Trinajstić information content (AvgIpc) is 2.76. The van der Waals surface area contributed by atoms with Gasteiger partial charge in [-0.15, -0.1) is 11.3 Å². The number of halogens is 1. The molecule has 0 saturated heterocycles. The third kappa shape index (κ3) is 3.96. The second-order valence-corrected chi connectivity index (χ2v) is 6.70. The molecular formula is C15H19ClN2S. The van der Waals surface area contributed by atoms with E-state index in [1.165, 1.54) is 10.4 Å². The number of thiophene rings is 1. The Balaban J connectivity index is 2.11. The highest BCUT2D eigenvalue weighted by atomic mass is 35.5. The molecule has 0 amide bonds. The van der Waals surface area contributed by atoms with Crippen LogP contribution in [0.5, 0.6) is 0 Å². The monoisotopic (exact) mass is 294 g/mol. The normalized spacial score (nSPS) is 11.4. The lowest BCUT2D eigenvalue weighted by molar-refractivity contribution is 0.206. The van der Waals surface area contributed by atoms with Crippen LogP contribution in [0.4, 0.5) is 5.69 Å². The van der Waals surface area contributed by atoms with E-state index in [2.05, 4.69) is 30.9 Å². The summed E-state index contributed by atoms with van der Waals surface area (Å²) in [6.45, 7) is 6.17. The van der Waals surface area contributed by atoms with Crippen molar-refractivity contribution >= 4 is 28.6 Å². The number of nitrogens with two attached hydrogens (primary N) is 1. The molecule has 0 aliphatic carbocycles. The number of nitrogens with zero attached hydrogens (tertiary/aromatic N) is 1. The summed E-state index contributed by atoms with van der Waals surface area (Å²) in [7, 11) is 0. The average molecular weight is 295 g/mol. The Morgan fingerprint density at radius 1 is 1.16 bits per heavy atom. The van der Waals surface area contributed by atoms with Gasteiger partial charge in [0.25, 0.3) is 0 Å². The highest BCUT2D eigenvalue weighted by Gasteiger charge is 2.13. The predicted molar refractivity (Wildman–Crippen MR) is 84.6 cm³/mol. The Morgan fingerprint density at radius 2 is 1.89 bits per heavy atom. The Labute approximate surface area is 123 Å². The molecule has 0 aliphatic rings. The first kappa shape index (κ1) is 14.4. The number of hydrogen-bond donors (Lipinski definition) is 1. The largest absolute Gasteiger partial charge is 0.398 e. The molecular weight excluding hydrogens is 276 g/mol. The molecule has 0 radical (unpaired) electrons. The molecule has 0 unspecified atom stereocenters. The maximum Gasteiger partial charge on any atom is 0.0931 e. The van der Waals surface area contributed by atoms with Crippen molar-refractivity contribution in [3.05, 3.63) is 51.2 Å². The van der Waals surface area contributed by atoms with Gasteiger partial charge in [-0.05, 0) is 37.6 Å². The Kier molecular flexibility index (Phi) is 4.86. The van der Waals surface area contributed by atoms with Crippen LogP contribution >= 0.6 is 22.9 Å². The molecule has 0 bridgehead atoms. The number of para-hydroxylation sites is 1. The zero-order valence-corrected chi connectivity index (χ0v) is 12.8. The number of rotatable bonds is 5. The van der Waals surface area contributed by atoms with Gasteiger partial charge in [0, 0.05) is 29.7 Å². The third-order valence-electron chi connectivity index (χ3n) is 3.15. The minimum absolute atomic E-state index is 0.459. The molecule has 1 aromatic heterocycles. The van der Waals surface area contributed by atoms with Crippen molar-refractivity contribution < 1.29 is 0 Å². The fourth-order valence-corrected chi connectivity index (χ4v) is 3.07. The van der Waals surface area contributed by atoms with E-state index in [0.717, 1.165) is 23.1 Å². The van der Waals surface area contributed by atoms with Crippen molar-refractivity contribution in [3.63, 3.8) is 0 Å². The van der Waals surface area contributed by atoms with Crippen molar-refractivity contribution in [3.8, 4) is 0 Å². The molecule has 1 aromatic carbocycles. The van der Waals surface area contributed by atoms with Gasteiger partial charge >= 0.3 is 0 Å². The van der Waals surface area contributed by atoms with Crippen LogP contribution in [0.25, 0.3) is 0 Å². The van der Waals surface area contributed by atoms with E-state index in [-0.39, 0.29) is 0 Å². The fraction of sp³-hybridized carbons (Fsp3) is 0.333. The Bertz CT molecular complexity index is 536. The van der Waals surface area contributed by atoms with Crippen LogP contribution < -0.4 is 5.73 Å². The van der Waals surface area contributed by atoms with E-state index in [0.29, 0.717) is 6.04 Å². The summed E-state index contributed by atoms with van der Waals surface area (Å²) in [4.78, 5) is 3.68. The van der Waals surface area contributed by atoms with Crippen molar-refractivity contribution in [1.82, 2.24) is 4.90 Å². The van der Waals surface area contributed by atoms with Gasteiger partial charge < -0.3 is 5.73 Å². The van der Waals surface area contributed by atoms with Crippen LogP contribution in [0.2, 0.25) is 4.34 Å². The quantitative estimate of drug-likeness (QED) is 0.829. The van der Waals surface area contributed by atoms with Gasteiger partial charge in [-0.3, -0.25) is 4.90 Å². The van der Waals surface area contributed by atoms with Crippen LogP contribution in [0, 0.1) is 0 Å². The standard InChI is InChI=1S/C15H19ClN2S/c1-11(2)18(10-13-7-8-15(16)19-13)9-12-5-3-4-6-14(12)17/h3-8,11H,9-10,17H2,1-2H3. The molecule has 4 heteroatoms. The maximum absolute atomic E-state index is 6.02. The highest BCUT2D eigenvalue weighted by Crippen LogP contribution is 2.24. The topological polar surface area (TPSA) is 29.3 Å². The number of benzene rings is 1. The molecule has 102 valence electrons. The third-order valence-corrected chi connectivity index (χ3v) is 4.36. The lowest BCUT2D eigenvalue weighted by atomic mass is 10.1. The summed E-state index contributed by atoms with van der Waals surface area (Å²) in [5.41, 5.74) is 8.06. The fourth-order valence-electron chi connectivity index (χ4n) is 1.95. The maximum atomic E-state index is 6.02. The van der Waals surface area contributed by atoms with Crippen LogP contribution in [0.15, 0.2) is 36.4 Å². The lowest BCUT2D eigenvalue weighted by Crippen LogP contribution is -2.29. The van der Waals surface area contributed by atoms with E-state index in [4.69, 9.17) is 17.3 Å². The second kappa shape index (κ2) is 6.42. The highest BCUT2D eigenvalue weighted by molar-refractivity contribution is 7.16. The molecule has 2 N–H and O–H groups in total. The number of nitrogen functional groups attached to an aromatic ring is 1. The van der Waals surface area contributed by atoms with Gasteiger partial charge in [0.2, 0.25) is 0 Å². The first-order valence-corrected chi connectivity index (χ1v) is 7.57. The van der Waals surface area contributed by atoms with Gasteiger partial charge in [0.05, 0.1) is 4.34 Å². The molecule has 0 saturated carbocycles. The first-order valence-electron chi connectivity index (χ1n) is 6.38. The van der Waals surface area contributed by atoms with Crippen LogP contribution in [-0.2, 0) is 13.1 Å². The minimum Gasteiger partial charge on any atom is -0.398 e. The SMILES string of the molecule is CC(C)N(Cc1ccc(Cl)s1)Cc1ccccc1N. The molecule has 0 atom stereocenters. The molecule has 2 rings (SSSR count). The van der Waals surface area contributed by atoms with E-state index < -0.39 is 0 Å². The Hall–Kier alpha value is -1.03. The summed E-state index contributed by atoms with van der Waals surface area (Å²) in [5, 5.41) is 0. The molecule has 0 spiro atoms. The van der Waals surface area contributed by atoms with E-state index in [9.17, 15) is 0 Å². The van der Waals surface area contributed by atoms with Gasteiger partial charge in [-0.25, -0.2) is 0 Å². The number of anilines is 1. The summed E-state index contributed by atoms with van der Waals surface area (Å²) < 4.78 is 0.845. The van der Waals surface area contributed by atoms with Crippen molar-refractivity contribution in [2.45, 2.75) is 33.0 Å². The molecule has 1 heterocycles. The van der Waals surface area contributed by atoms with E-state index >= 15 is 0 Å². The summed E-state index contributed by atoms with van der Waals surface area (Å²) >= 11 is 7.63. The predicted octanol–water partition coefficient (Wildman–Crippen LogP) is 4.39. The zero-order valence-electron chi connectivity index (χ0n) is 11.3. The van der Waals surface area contributed by atoms with Gasteiger partial charge in [0.15, 0.2) is 0 Å². The summed E-state index contributed by atoms with van der Waals surface area (Å²) in [5.74, 6) is 0. The minimum atomic E-state index is 0.459. The van der Waals surface area contributed by atoms with Crippen LogP contribution in [-0.4, -0.2) is 10.9 Å². The smallest absolute Gasteiger partial charge is 0.0931 e. The molecule has 2 nitrogen and oxygen atoms in total. The molecule has 2 aromatic rings. The Morgan fingerprint density at radius 3 is 2.47 bits per heavy atom. The molecule has 0 aliphatic heterocycles. The second-order valence-electron chi connectivity index (χ2n) is 4.90. The first-order chi connectivity index (χ1) is 9.06. The van der Waals surface area contributed by atoms with Crippen molar-refractivity contribution in [2.75, 3.05) is 5.73 Å². The molecule has 19 heavy (non-hydrogen) atoms. The van der Waals surface area contributed by atoms with Crippen LogP contribution in [0.3, 0.4) is 0 Å². The number of hydrogen-bond acceptors (Lipinski definition) is 3. The van der Waals surface area contributed by atoms with Gasteiger partial charge in [-0.2, -0.15) is 0 Å². The summed E-state index contributed by atoms with van der Waals surface area (Å²) in [6.07, 6.45) is 0. The molecule has 0 fully saturated rings. The summed E-state index contributed by atoms with van der Waals surface area (Å²) in [6, 6.07) is 12.6. The van der Waals surface area contributed by atoms with Crippen molar-refractivity contribution in [2.24, 2.45) is 0 Å². The van der Waals surface area contributed by atoms with Gasteiger partial charge in [-0.1, -0.05) is 29.8 Å².